The molecule has 4 saturated heterocycles. The van der Waals surface area contributed by atoms with Crippen LogP contribution in [0.25, 0.3) is 50.1 Å². The van der Waals surface area contributed by atoms with Crippen LogP contribution in [0.4, 0.5) is 47.7 Å². The minimum Gasteiger partial charge on any atom is -0.507 e. The molecule has 26 nitrogen and oxygen atoms in total. The number of benzene rings is 4. The summed E-state index contributed by atoms with van der Waals surface area (Å²) in [4.78, 5) is 128. The van der Waals surface area contributed by atoms with Crippen molar-refractivity contribution >= 4 is 74.0 Å². The molecule has 13 heterocycles. The Hall–Kier alpha value is -13.3. The zero-order chi connectivity index (χ0) is 89.7. The number of phenols is 1. The Morgan fingerprint density at radius 3 is 1.48 bits per heavy atom. The first-order valence-electron chi connectivity index (χ1n) is 43.3. The highest BCUT2D eigenvalue weighted by atomic mass is 19.1. The highest BCUT2D eigenvalue weighted by molar-refractivity contribution is 5.98. The SMILES string of the molecule is C=C1CCN(C2CCN(c3nc(=O)n(-c4c(C)ccnc4C(C)C)c4nc(-c5c(O)cccc5F)c(F)cc34)CC2)C1=O.C=CC(=O)N1CCN(c2nc(=O)n(-c3c(C)ccnc3C(C)C)c3c2CCN(c2c(N)cccc2F)C3)[C@@H](C)C1.C=CC(=O)N1CCN(c2nc(=O)n(-c3c(C)ccnc3C(C)C)c3c2CCN(c2cccc4cccc(C)c24)C3)[C@@H](C)C1. The van der Waals surface area contributed by atoms with Crippen LogP contribution < -0.4 is 47.3 Å². The number of aromatic hydroxyl groups is 1. The van der Waals surface area contributed by atoms with Gasteiger partial charge < -0.3 is 50.0 Å². The lowest BCUT2D eigenvalue weighted by molar-refractivity contribution is -0.127. The summed E-state index contributed by atoms with van der Waals surface area (Å²) < 4.78 is 50.6. The highest BCUT2D eigenvalue weighted by Gasteiger charge is 2.40. The van der Waals surface area contributed by atoms with Crippen molar-refractivity contribution in [2.75, 3.05) is 102 Å². The number of rotatable bonds is 15. The van der Waals surface area contributed by atoms with E-state index >= 15 is 8.78 Å². The van der Waals surface area contributed by atoms with E-state index in [0.717, 1.165) is 86.8 Å². The van der Waals surface area contributed by atoms with Gasteiger partial charge in [0.05, 0.1) is 80.9 Å². The summed E-state index contributed by atoms with van der Waals surface area (Å²) >= 11 is 0. The first-order chi connectivity index (χ1) is 60.4. The lowest BCUT2D eigenvalue weighted by Gasteiger charge is -2.42. The van der Waals surface area contributed by atoms with Crippen molar-refractivity contribution in [3.8, 4) is 34.1 Å². The van der Waals surface area contributed by atoms with Crippen molar-refractivity contribution < 1.29 is 32.7 Å². The van der Waals surface area contributed by atoms with Crippen molar-refractivity contribution in [2.24, 2.45) is 0 Å². The number of nitrogen functional groups attached to an aromatic ring is 1. The standard InChI is InChI=1S/C35H40N6O2.C32H32F2N6O3.C30H36FN7O2/c1-7-30(42)39-18-19-40(25(6)20-39)34-27-15-17-38(28-13-9-12-26-11-8-10-23(4)31(26)28)21-29(27)41(35(43)37-34)33-24(5)14-16-36-32(33)22(2)3;1-17(2)26-28(18(3)8-12-35-26)40-30-21(16-23(34)27(36-30)25-22(33)6-5-7-24(25)41)29(37-32(40)43)38-13-10-20(11-14-38)39-15-9-19(4)31(39)42;1-6-25(39)35-14-15-37(20(5)16-35)29-21-11-13-36(28-22(31)8-7-9-23(28)32)17-24(21)38(30(40)34-29)27-19(4)10-12-33-26(27)18(2)3/h7-14,16,22,25H,1,15,17-21H2,2-6H3;5-8,12,16-17,20,41H,4,9-11,13-15H2,1-3H3;6-10,12,18,20H,1,11,13-17,32H2,2-5H3/t25-;;20-/m0.0/s1. The molecule has 29 heteroatoms. The topological polar surface area (TPSA) is 280 Å². The van der Waals surface area contributed by atoms with Gasteiger partial charge >= 0.3 is 17.1 Å². The molecule has 0 spiro atoms. The number of carbonyl (C=O) groups is 3. The molecule has 6 aliphatic heterocycles. The highest BCUT2D eigenvalue weighted by Crippen LogP contribution is 2.43. The molecule has 0 aliphatic carbocycles. The average Bonchev–Trinajstić information content (AvgIpc) is 0.912. The number of fused-ring (bicyclic) bond motifs is 4. The Balaban J connectivity index is 0.000000146. The molecule has 4 aromatic carbocycles. The van der Waals surface area contributed by atoms with Crippen LogP contribution in [0.15, 0.2) is 167 Å². The molecule has 7 aromatic heterocycles. The van der Waals surface area contributed by atoms with Gasteiger partial charge in [0, 0.05) is 136 Å². The number of nitrogens with zero attached hydrogens (tertiary/aromatic N) is 18. The number of aromatic nitrogens is 10. The van der Waals surface area contributed by atoms with Crippen LogP contribution in [0, 0.1) is 45.1 Å². The first kappa shape index (κ1) is 87.6. The largest absolute Gasteiger partial charge is 0.507 e. The fourth-order valence-corrected chi connectivity index (χ4v) is 18.9. The third-order valence-corrected chi connectivity index (χ3v) is 25.3. The number of carbonyl (C=O) groups excluding carboxylic acids is 3. The Labute approximate surface area is 730 Å². The van der Waals surface area contributed by atoms with E-state index in [1.165, 1.54) is 63.0 Å². The predicted molar refractivity (Wildman–Crippen MR) is 489 cm³/mol. The lowest BCUT2D eigenvalue weighted by atomic mass is 9.98. The van der Waals surface area contributed by atoms with E-state index in [9.17, 15) is 38.3 Å². The van der Waals surface area contributed by atoms with Crippen molar-refractivity contribution in [3.05, 3.63) is 264 Å². The number of phenolic OH excluding ortho intramolecular Hbond substituents is 1. The van der Waals surface area contributed by atoms with E-state index in [2.05, 4.69) is 123 Å². The second kappa shape index (κ2) is 36.1. The summed E-state index contributed by atoms with van der Waals surface area (Å²) in [7, 11) is 0. The maximum Gasteiger partial charge on any atom is 0.355 e. The van der Waals surface area contributed by atoms with Gasteiger partial charge in [-0.3, -0.25) is 38.5 Å². The van der Waals surface area contributed by atoms with E-state index in [-0.39, 0.29) is 82.7 Å². The van der Waals surface area contributed by atoms with Crippen molar-refractivity contribution in [1.29, 1.82) is 0 Å². The molecule has 3 N–H and O–H groups in total. The van der Waals surface area contributed by atoms with Gasteiger partial charge in [-0.15, -0.1) is 0 Å². The fourth-order valence-electron chi connectivity index (χ4n) is 18.9. The molecule has 2 atom stereocenters. The molecule has 126 heavy (non-hydrogen) atoms. The number of piperidine rings is 1. The Kier molecular flexibility index (Phi) is 25.1. The number of likely N-dealkylation sites (tertiary alicyclic amines) is 1. The summed E-state index contributed by atoms with van der Waals surface area (Å²) in [6.07, 6.45) is 11.2. The Bertz CT molecular complexity index is 6330. The number of halogens is 3. The number of nitrogens with two attached hydrogens (primary N) is 1. The van der Waals surface area contributed by atoms with Gasteiger partial charge in [0.15, 0.2) is 11.5 Å². The van der Waals surface area contributed by atoms with Crippen LogP contribution in [0.5, 0.6) is 5.75 Å². The second-order valence-electron chi connectivity index (χ2n) is 34.5. The van der Waals surface area contributed by atoms with Gasteiger partial charge in [0.1, 0.15) is 40.5 Å². The van der Waals surface area contributed by atoms with Gasteiger partial charge in [0.2, 0.25) is 17.7 Å². The molecule has 3 amide bonds. The van der Waals surface area contributed by atoms with E-state index in [4.69, 9.17) is 15.7 Å². The molecule has 17 rings (SSSR count). The molecular formula is C97H108F3N19O7. The van der Waals surface area contributed by atoms with Gasteiger partial charge in [-0.25, -0.2) is 37.1 Å². The molecule has 11 aromatic rings. The minimum atomic E-state index is -0.871. The number of hydrogen-bond donors (Lipinski definition) is 2. The van der Waals surface area contributed by atoms with Crippen molar-refractivity contribution in [2.45, 2.75) is 164 Å². The number of piperazine rings is 2. The molecule has 0 unspecified atom stereocenters. The summed E-state index contributed by atoms with van der Waals surface area (Å²) in [5.74, 6) is -1.03. The van der Waals surface area contributed by atoms with E-state index in [1.807, 2.05) is 97.9 Å². The molecule has 654 valence electrons. The second-order valence-corrected chi connectivity index (χ2v) is 34.5. The zero-order valence-electron chi connectivity index (χ0n) is 73.6. The number of aryl methyl sites for hydroxylation is 4. The van der Waals surface area contributed by atoms with Crippen molar-refractivity contribution in [3.63, 3.8) is 0 Å². The third-order valence-electron chi connectivity index (χ3n) is 25.3. The van der Waals surface area contributed by atoms with E-state index < -0.39 is 45.8 Å². The van der Waals surface area contributed by atoms with Crippen LogP contribution in [-0.2, 0) is 40.3 Å². The smallest absolute Gasteiger partial charge is 0.355 e. The minimum absolute atomic E-state index is 0.00889. The number of hydrogen-bond acceptors (Lipinski definition) is 20. The van der Waals surface area contributed by atoms with Crippen molar-refractivity contribution in [1.82, 2.24) is 63.3 Å². The number of amides is 3. The molecule has 0 saturated carbocycles. The zero-order valence-corrected chi connectivity index (χ0v) is 73.6. The van der Waals surface area contributed by atoms with E-state index in [1.54, 1.807) is 40.1 Å². The van der Waals surface area contributed by atoms with Crippen LogP contribution >= 0.6 is 0 Å². The van der Waals surface area contributed by atoms with Gasteiger partial charge in [-0.1, -0.05) is 104 Å². The van der Waals surface area contributed by atoms with Crippen LogP contribution in [0.1, 0.15) is 154 Å². The van der Waals surface area contributed by atoms with Crippen LogP contribution in [-0.4, -0.2) is 176 Å². The third kappa shape index (κ3) is 16.5. The predicted octanol–water partition coefficient (Wildman–Crippen LogP) is 13.9. The quantitative estimate of drug-likeness (QED) is 0.0712. The first-order valence-corrected chi connectivity index (χ1v) is 43.3. The Morgan fingerprint density at radius 1 is 0.508 bits per heavy atom. The molecular weight excluding hydrogens is 1600 g/mol. The summed E-state index contributed by atoms with van der Waals surface area (Å²) in [5, 5.41) is 13.2. The monoisotopic (exact) mass is 1710 g/mol. The Morgan fingerprint density at radius 2 is 0.984 bits per heavy atom. The number of pyridine rings is 4. The van der Waals surface area contributed by atoms with Crippen LogP contribution in [0.2, 0.25) is 0 Å². The van der Waals surface area contributed by atoms with Crippen LogP contribution in [0.3, 0.4) is 0 Å². The maximum atomic E-state index is 15.8. The number of anilines is 6. The van der Waals surface area contributed by atoms with Gasteiger partial charge in [-0.2, -0.15) is 15.0 Å². The summed E-state index contributed by atoms with van der Waals surface area (Å²) in [6.45, 7) is 42.5. The van der Waals surface area contributed by atoms with Gasteiger partial charge in [-0.05, 0) is 186 Å². The molecule has 0 bridgehead atoms. The summed E-state index contributed by atoms with van der Waals surface area (Å²) in [6, 6.07) is 28.1. The molecule has 6 aliphatic rings. The summed E-state index contributed by atoms with van der Waals surface area (Å²) in [5.41, 5.74) is 18.6. The van der Waals surface area contributed by atoms with Gasteiger partial charge in [0.25, 0.3) is 0 Å². The van der Waals surface area contributed by atoms with E-state index in [0.29, 0.717) is 132 Å². The normalized spacial score (nSPS) is 16.8. The lowest BCUT2D eigenvalue weighted by Crippen LogP contribution is -2.54. The molecule has 4 fully saturated rings. The number of para-hydroxylation sites is 1. The molecule has 0 radical (unpaired) electrons. The maximum absolute atomic E-state index is 15.8. The average molecular weight is 1710 g/mol. The fraction of sp³-hybridized carbons (Fsp3) is 0.371.